The number of anilines is 1. The van der Waals surface area contributed by atoms with Crippen LogP contribution in [0.3, 0.4) is 0 Å². The van der Waals surface area contributed by atoms with E-state index in [0.29, 0.717) is 10.9 Å². The number of carbonyl (C=O) groups excluding carboxylic acids is 2. The van der Waals surface area contributed by atoms with E-state index in [-0.39, 0.29) is 28.5 Å². The average molecular weight is 450 g/mol. The van der Waals surface area contributed by atoms with E-state index < -0.39 is 24.2 Å². The maximum atomic E-state index is 12.9. The predicted molar refractivity (Wildman–Crippen MR) is 115 cm³/mol. The summed E-state index contributed by atoms with van der Waals surface area (Å²) in [6, 6.07) is 12.5. The van der Waals surface area contributed by atoms with Gasteiger partial charge in [0.2, 0.25) is 0 Å². The molecule has 4 aromatic rings. The topological polar surface area (TPSA) is 135 Å². The molecule has 11 heteroatoms. The second-order valence-electron chi connectivity index (χ2n) is 6.66. The minimum atomic E-state index is -0.840. The van der Waals surface area contributed by atoms with E-state index in [2.05, 4.69) is 15.6 Å². The molecule has 33 heavy (non-hydrogen) atoms. The monoisotopic (exact) mass is 450 g/mol. The van der Waals surface area contributed by atoms with Crippen LogP contribution in [0.5, 0.6) is 11.5 Å². The van der Waals surface area contributed by atoms with Crippen LogP contribution in [0.4, 0.5) is 5.69 Å². The molecule has 0 bridgehead atoms. The summed E-state index contributed by atoms with van der Waals surface area (Å²) >= 11 is 0. The Bertz CT molecular complexity index is 1380. The van der Waals surface area contributed by atoms with Gasteiger partial charge < -0.3 is 23.9 Å². The fraction of sp³-hybridized carbons (Fsp3) is 0.136. The van der Waals surface area contributed by atoms with Crippen molar-refractivity contribution in [3.8, 4) is 11.5 Å². The van der Waals surface area contributed by atoms with Gasteiger partial charge in [0.25, 0.3) is 11.5 Å². The number of nitrogens with one attached hydrogen (secondary N) is 1. The van der Waals surface area contributed by atoms with Gasteiger partial charge in [-0.2, -0.15) is 4.68 Å². The molecule has 4 rings (SSSR count). The van der Waals surface area contributed by atoms with Crippen LogP contribution in [0.2, 0.25) is 0 Å². The first-order valence-corrected chi connectivity index (χ1v) is 9.62. The van der Waals surface area contributed by atoms with Gasteiger partial charge in [0.1, 0.15) is 5.52 Å². The van der Waals surface area contributed by atoms with Crippen molar-refractivity contribution < 1.29 is 28.2 Å². The number of esters is 1. The summed E-state index contributed by atoms with van der Waals surface area (Å²) in [5.74, 6) is -0.865. The minimum Gasteiger partial charge on any atom is -0.493 e. The summed E-state index contributed by atoms with van der Waals surface area (Å²) in [5, 5.41) is 10.7. The summed E-state index contributed by atoms with van der Waals surface area (Å²) in [6.45, 7) is -0.491. The molecule has 168 valence electrons. The van der Waals surface area contributed by atoms with Gasteiger partial charge in [0, 0.05) is 12.1 Å². The van der Waals surface area contributed by atoms with Gasteiger partial charge in [-0.15, -0.1) is 5.10 Å². The molecule has 11 nitrogen and oxygen atoms in total. The third kappa shape index (κ3) is 4.37. The fourth-order valence-electron chi connectivity index (χ4n) is 3.05. The summed E-state index contributed by atoms with van der Waals surface area (Å²) in [7, 11) is 2.82. The van der Waals surface area contributed by atoms with E-state index in [1.165, 1.54) is 38.7 Å². The number of carbonyl (C=O) groups is 2. The van der Waals surface area contributed by atoms with E-state index in [4.69, 9.17) is 18.6 Å². The van der Waals surface area contributed by atoms with E-state index in [0.717, 1.165) is 4.68 Å². The molecule has 0 saturated heterocycles. The number of methoxy groups -OCH3 is 2. The number of rotatable bonds is 7. The molecule has 1 amide bonds. The molecule has 0 saturated carbocycles. The molecule has 0 atom stereocenters. The lowest BCUT2D eigenvalue weighted by Gasteiger charge is -2.15. The molecular weight excluding hydrogens is 432 g/mol. The van der Waals surface area contributed by atoms with Crippen molar-refractivity contribution in [3.05, 3.63) is 76.5 Å². The van der Waals surface area contributed by atoms with E-state index >= 15 is 0 Å². The molecule has 0 aliphatic rings. The Labute approximate surface area is 186 Å². The third-order valence-corrected chi connectivity index (χ3v) is 4.68. The Morgan fingerprint density at radius 2 is 1.82 bits per heavy atom. The van der Waals surface area contributed by atoms with Crippen LogP contribution in [0, 0.1) is 0 Å². The normalized spacial score (nSPS) is 10.6. The lowest BCUT2D eigenvalue weighted by Crippen LogP contribution is -2.27. The second-order valence-corrected chi connectivity index (χ2v) is 6.66. The first-order chi connectivity index (χ1) is 16.0. The highest BCUT2D eigenvalue weighted by Crippen LogP contribution is 2.34. The van der Waals surface area contributed by atoms with Crippen LogP contribution < -0.4 is 20.3 Å². The van der Waals surface area contributed by atoms with Crippen LogP contribution in [0.25, 0.3) is 10.9 Å². The second kappa shape index (κ2) is 9.22. The number of hydrogen-bond acceptors (Lipinski definition) is 9. The fourth-order valence-corrected chi connectivity index (χ4v) is 3.05. The molecule has 0 fully saturated rings. The Morgan fingerprint density at radius 1 is 1.06 bits per heavy atom. The SMILES string of the molecule is COc1cc(NC(=O)c2ccco2)c(C(=O)OCn2nnc3ccccc3c2=O)cc1OC. The van der Waals surface area contributed by atoms with Gasteiger partial charge in [0.15, 0.2) is 24.0 Å². The van der Waals surface area contributed by atoms with Crippen molar-refractivity contribution in [2.45, 2.75) is 6.73 Å². The van der Waals surface area contributed by atoms with Crippen LogP contribution in [-0.4, -0.2) is 41.1 Å². The van der Waals surface area contributed by atoms with Gasteiger partial charge in [0.05, 0.1) is 37.1 Å². The highest BCUT2D eigenvalue weighted by atomic mass is 16.5. The zero-order chi connectivity index (χ0) is 23.4. The lowest BCUT2D eigenvalue weighted by molar-refractivity contribution is 0.0337. The first kappa shape index (κ1) is 21.6. The molecule has 0 aliphatic heterocycles. The number of furan rings is 1. The van der Waals surface area contributed by atoms with Crippen molar-refractivity contribution in [1.82, 2.24) is 15.0 Å². The third-order valence-electron chi connectivity index (χ3n) is 4.68. The van der Waals surface area contributed by atoms with Gasteiger partial charge in [-0.3, -0.25) is 9.59 Å². The molecule has 0 unspecified atom stereocenters. The summed E-state index contributed by atoms with van der Waals surface area (Å²) < 4.78 is 21.8. The maximum Gasteiger partial charge on any atom is 0.342 e. The van der Waals surface area contributed by atoms with Gasteiger partial charge in [-0.1, -0.05) is 17.3 Å². The molecule has 2 heterocycles. The van der Waals surface area contributed by atoms with Crippen LogP contribution >= 0.6 is 0 Å². The molecule has 2 aromatic carbocycles. The number of nitrogens with zero attached hydrogens (tertiary/aromatic N) is 3. The average Bonchev–Trinajstić information content (AvgIpc) is 3.38. The number of benzene rings is 2. The first-order valence-electron chi connectivity index (χ1n) is 9.62. The highest BCUT2D eigenvalue weighted by Gasteiger charge is 2.21. The zero-order valence-electron chi connectivity index (χ0n) is 17.6. The standard InChI is InChI=1S/C22H18N4O7/c1-30-18-10-14(16(11-19(18)31-2)23-20(27)17-8-5-9-32-17)22(29)33-12-26-21(28)13-6-3-4-7-15(13)24-25-26/h3-11H,12H2,1-2H3,(H,23,27). The molecular formula is C22H18N4O7. The Morgan fingerprint density at radius 3 is 2.55 bits per heavy atom. The quantitative estimate of drug-likeness (QED) is 0.421. The van der Waals surface area contributed by atoms with Crippen molar-refractivity contribution in [1.29, 1.82) is 0 Å². The number of aromatic nitrogens is 3. The number of fused-ring (bicyclic) bond motifs is 1. The van der Waals surface area contributed by atoms with Crippen molar-refractivity contribution >= 4 is 28.5 Å². The molecule has 0 aliphatic carbocycles. The smallest absolute Gasteiger partial charge is 0.342 e. The zero-order valence-corrected chi connectivity index (χ0v) is 17.6. The van der Waals surface area contributed by atoms with Gasteiger partial charge in [-0.05, 0) is 24.3 Å². The van der Waals surface area contributed by atoms with Crippen molar-refractivity contribution in [3.63, 3.8) is 0 Å². The molecule has 2 aromatic heterocycles. The largest absolute Gasteiger partial charge is 0.493 e. The molecule has 0 radical (unpaired) electrons. The van der Waals surface area contributed by atoms with Gasteiger partial charge in [-0.25, -0.2) is 4.79 Å². The van der Waals surface area contributed by atoms with E-state index in [9.17, 15) is 14.4 Å². The summed E-state index contributed by atoms with van der Waals surface area (Å²) in [5.41, 5.74) is 0.0188. The van der Waals surface area contributed by atoms with Crippen LogP contribution in [0.1, 0.15) is 20.9 Å². The number of ether oxygens (including phenoxy) is 3. The Balaban J connectivity index is 1.62. The number of amides is 1. The van der Waals surface area contributed by atoms with Crippen molar-refractivity contribution in [2.75, 3.05) is 19.5 Å². The maximum absolute atomic E-state index is 12.9. The Kier molecular flexibility index (Phi) is 6.02. The molecule has 1 N–H and O–H groups in total. The van der Waals surface area contributed by atoms with E-state index in [1.54, 1.807) is 30.3 Å². The Hall–Kier alpha value is -4.67. The van der Waals surface area contributed by atoms with Crippen molar-refractivity contribution in [2.24, 2.45) is 0 Å². The predicted octanol–water partition coefficient (Wildman–Crippen LogP) is 2.47. The minimum absolute atomic E-state index is 0.0330. The summed E-state index contributed by atoms with van der Waals surface area (Å²) in [4.78, 5) is 37.9. The van der Waals surface area contributed by atoms with Crippen LogP contribution in [-0.2, 0) is 11.5 Å². The summed E-state index contributed by atoms with van der Waals surface area (Å²) in [6.07, 6.45) is 1.35. The van der Waals surface area contributed by atoms with E-state index in [1.807, 2.05) is 0 Å². The number of hydrogen-bond donors (Lipinski definition) is 1. The van der Waals surface area contributed by atoms with Crippen LogP contribution in [0.15, 0.2) is 64.0 Å². The van der Waals surface area contributed by atoms with Gasteiger partial charge >= 0.3 is 5.97 Å². The highest BCUT2D eigenvalue weighted by molar-refractivity contribution is 6.07. The molecule has 0 spiro atoms. The lowest BCUT2D eigenvalue weighted by atomic mass is 10.1.